The van der Waals surface area contributed by atoms with Gasteiger partial charge in [0.05, 0.1) is 0 Å². The van der Waals surface area contributed by atoms with Crippen LogP contribution in [0.25, 0.3) is 0 Å². The molecule has 1 aromatic rings. The van der Waals surface area contributed by atoms with E-state index in [-0.39, 0.29) is 0 Å². The van der Waals surface area contributed by atoms with Crippen molar-refractivity contribution in [2.45, 2.75) is 19.9 Å². The van der Waals surface area contributed by atoms with Gasteiger partial charge < -0.3 is 5.32 Å². The summed E-state index contributed by atoms with van der Waals surface area (Å²) in [7, 11) is 0. The summed E-state index contributed by atoms with van der Waals surface area (Å²) in [5.74, 6) is 1.49. The normalized spacial score (nSPS) is 22.6. The lowest BCUT2D eigenvalue weighted by Gasteiger charge is -2.34. The van der Waals surface area contributed by atoms with Crippen molar-refractivity contribution >= 4 is 0 Å². The molecule has 1 aliphatic heterocycles. The molecular formula is C14H21N2. The molecule has 2 heteroatoms. The zero-order chi connectivity index (χ0) is 11.4. The van der Waals surface area contributed by atoms with E-state index in [1.54, 1.807) is 0 Å². The highest BCUT2D eigenvalue weighted by atomic mass is 15.2. The van der Waals surface area contributed by atoms with E-state index in [2.05, 4.69) is 54.4 Å². The zero-order valence-electron chi connectivity index (χ0n) is 10.2. The van der Waals surface area contributed by atoms with Crippen molar-refractivity contribution < 1.29 is 0 Å². The Labute approximate surface area is 98.7 Å². The van der Waals surface area contributed by atoms with Gasteiger partial charge in [0.25, 0.3) is 0 Å². The van der Waals surface area contributed by atoms with Gasteiger partial charge in [-0.3, -0.25) is 4.90 Å². The average molecular weight is 217 g/mol. The number of piperazine rings is 1. The molecule has 1 saturated heterocycles. The van der Waals surface area contributed by atoms with E-state index in [0.717, 1.165) is 26.2 Å². The first kappa shape index (κ1) is 11.6. The van der Waals surface area contributed by atoms with E-state index in [4.69, 9.17) is 0 Å². The minimum atomic E-state index is 0.495. The molecule has 16 heavy (non-hydrogen) atoms. The number of hydrogen-bond donors (Lipinski definition) is 1. The highest BCUT2D eigenvalue weighted by molar-refractivity contribution is 5.19. The first-order chi connectivity index (χ1) is 7.75. The smallest absolute Gasteiger partial charge is 0.0449 e. The van der Waals surface area contributed by atoms with Crippen LogP contribution in [-0.4, -0.2) is 31.1 Å². The van der Waals surface area contributed by atoms with Crippen LogP contribution >= 0.6 is 0 Å². The minimum absolute atomic E-state index is 0.495. The first-order valence-corrected chi connectivity index (χ1v) is 6.05. The minimum Gasteiger partial charge on any atom is -0.308 e. The summed E-state index contributed by atoms with van der Waals surface area (Å²) in [6.45, 7) is 8.92. The Bertz CT molecular complexity index is 308. The van der Waals surface area contributed by atoms with Gasteiger partial charge in [0.1, 0.15) is 0 Å². The van der Waals surface area contributed by atoms with Gasteiger partial charge >= 0.3 is 0 Å². The van der Waals surface area contributed by atoms with E-state index in [1.165, 1.54) is 11.5 Å². The molecule has 1 aromatic carbocycles. The molecular weight excluding hydrogens is 196 g/mol. The highest BCUT2D eigenvalue weighted by Crippen LogP contribution is 2.17. The molecule has 1 aliphatic rings. The van der Waals surface area contributed by atoms with Gasteiger partial charge in [0, 0.05) is 32.2 Å². The Hall–Kier alpha value is -0.860. The van der Waals surface area contributed by atoms with Crippen molar-refractivity contribution in [2.24, 2.45) is 0 Å². The molecule has 1 fully saturated rings. The lowest BCUT2D eigenvalue weighted by atomic mass is 10.0. The predicted molar refractivity (Wildman–Crippen MR) is 68.2 cm³/mol. The fourth-order valence-corrected chi connectivity index (χ4v) is 2.31. The standard InChI is InChI=1S/C14H21N2/c1-12(2)10-16-9-8-15-14(11-16)13-6-4-3-5-7-13/h3-7,14-15H,8-11H2,1-2H3. The largest absolute Gasteiger partial charge is 0.308 e. The van der Waals surface area contributed by atoms with Gasteiger partial charge in [-0.1, -0.05) is 44.2 Å². The van der Waals surface area contributed by atoms with Crippen molar-refractivity contribution in [3.05, 3.63) is 41.8 Å². The second kappa shape index (κ2) is 5.46. The van der Waals surface area contributed by atoms with Gasteiger partial charge in [-0.25, -0.2) is 0 Å². The maximum atomic E-state index is 3.59. The second-order valence-corrected chi connectivity index (χ2v) is 4.86. The van der Waals surface area contributed by atoms with Crippen molar-refractivity contribution in [1.29, 1.82) is 0 Å². The van der Waals surface area contributed by atoms with Crippen LogP contribution in [0.5, 0.6) is 0 Å². The molecule has 0 aliphatic carbocycles. The number of nitrogens with one attached hydrogen (secondary N) is 1. The maximum Gasteiger partial charge on any atom is 0.0449 e. The van der Waals surface area contributed by atoms with Crippen LogP contribution in [0, 0.1) is 5.92 Å². The second-order valence-electron chi connectivity index (χ2n) is 4.86. The number of benzene rings is 1. The molecule has 2 nitrogen and oxygen atoms in total. The van der Waals surface area contributed by atoms with Gasteiger partial charge in [0.2, 0.25) is 0 Å². The fourth-order valence-electron chi connectivity index (χ4n) is 2.31. The molecule has 0 amide bonds. The molecule has 0 bridgehead atoms. The third-order valence-corrected chi connectivity index (χ3v) is 3.00. The third-order valence-electron chi connectivity index (χ3n) is 3.00. The zero-order valence-corrected chi connectivity index (χ0v) is 10.2. The van der Waals surface area contributed by atoms with E-state index >= 15 is 0 Å². The van der Waals surface area contributed by atoms with E-state index < -0.39 is 0 Å². The predicted octanol–water partition coefficient (Wildman–Crippen LogP) is 2.25. The molecule has 1 atom stereocenters. The fraction of sp³-hybridized carbons (Fsp3) is 0.500. The van der Waals surface area contributed by atoms with Crippen LogP contribution < -0.4 is 5.32 Å². The van der Waals surface area contributed by atoms with E-state index in [1.807, 2.05) is 0 Å². The Morgan fingerprint density at radius 1 is 1.31 bits per heavy atom. The monoisotopic (exact) mass is 217 g/mol. The molecule has 2 rings (SSSR count). The summed E-state index contributed by atoms with van der Waals surface area (Å²) in [6.07, 6.45) is 0. The van der Waals surface area contributed by atoms with Gasteiger partial charge in [-0.15, -0.1) is 0 Å². The molecule has 1 radical (unpaired) electrons. The molecule has 0 spiro atoms. The molecule has 87 valence electrons. The quantitative estimate of drug-likeness (QED) is 0.835. The summed E-state index contributed by atoms with van der Waals surface area (Å²) in [4.78, 5) is 2.53. The summed E-state index contributed by atoms with van der Waals surface area (Å²) < 4.78 is 0. The van der Waals surface area contributed by atoms with Crippen LogP contribution in [0.4, 0.5) is 0 Å². The van der Waals surface area contributed by atoms with Gasteiger partial charge in [-0.2, -0.15) is 0 Å². The van der Waals surface area contributed by atoms with Gasteiger partial charge in [-0.05, 0) is 11.5 Å². The van der Waals surface area contributed by atoms with Crippen LogP contribution in [-0.2, 0) is 0 Å². The summed E-state index contributed by atoms with van der Waals surface area (Å²) in [5.41, 5.74) is 1.40. The van der Waals surface area contributed by atoms with Crippen molar-refractivity contribution in [3.63, 3.8) is 0 Å². The van der Waals surface area contributed by atoms with Gasteiger partial charge in [0.15, 0.2) is 0 Å². The first-order valence-electron chi connectivity index (χ1n) is 6.05. The van der Waals surface area contributed by atoms with Crippen LogP contribution in [0.1, 0.15) is 25.5 Å². The Morgan fingerprint density at radius 3 is 2.75 bits per heavy atom. The lowest BCUT2D eigenvalue weighted by Crippen LogP contribution is -2.46. The molecule has 1 N–H and O–H groups in total. The van der Waals surface area contributed by atoms with E-state index in [0.29, 0.717) is 6.04 Å². The van der Waals surface area contributed by atoms with Crippen LogP contribution in [0.3, 0.4) is 0 Å². The molecule has 1 unspecified atom stereocenters. The number of hydrogen-bond acceptors (Lipinski definition) is 2. The molecule has 0 saturated carbocycles. The molecule has 0 aromatic heterocycles. The number of rotatable bonds is 3. The van der Waals surface area contributed by atoms with Crippen molar-refractivity contribution in [2.75, 3.05) is 26.2 Å². The SMILES string of the molecule is C[C](C)CN1CCNC(c2ccccc2)C1. The highest BCUT2D eigenvalue weighted by Gasteiger charge is 2.20. The summed E-state index contributed by atoms with van der Waals surface area (Å²) in [5, 5.41) is 3.59. The van der Waals surface area contributed by atoms with Crippen molar-refractivity contribution in [1.82, 2.24) is 10.2 Å². The van der Waals surface area contributed by atoms with E-state index in [9.17, 15) is 0 Å². The third kappa shape index (κ3) is 3.06. The van der Waals surface area contributed by atoms with Crippen molar-refractivity contribution in [3.8, 4) is 0 Å². The lowest BCUT2D eigenvalue weighted by molar-refractivity contribution is 0.208. The summed E-state index contributed by atoms with van der Waals surface area (Å²) >= 11 is 0. The molecule has 1 heterocycles. The number of nitrogens with zero attached hydrogens (tertiary/aromatic N) is 1. The Morgan fingerprint density at radius 2 is 2.06 bits per heavy atom. The summed E-state index contributed by atoms with van der Waals surface area (Å²) in [6, 6.07) is 11.2. The maximum absolute atomic E-state index is 3.59. The Balaban J connectivity index is 1.97. The van der Waals surface area contributed by atoms with Crippen LogP contribution in [0.2, 0.25) is 0 Å². The Kier molecular flexibility index (Phi) is 3.97. The van der Waals surface area contributed by atoms with Crippen LogP contribution in [0.15, 0.2) is 30.3 Å². The average Bonchev–Trinajstić information content (AvgIpc) is 2.30. The topological polar surface area (TPSA) is 15.3 Å².